The van der Waals surface area contributed by atoms with Gasteiger partial charge in [0.1, 0.15) is 0 Å². The third kappa shape index (κ3) is 6.49. The van der Waals surface area contributed by atoms with Crippen LogP contribution in [0.4, 0.5) is 0 Å². The van der Waals surface area contributed by atoms with Gasteiger partial charge in [0.25, 0.3) is 15.9 Å². The maximum atomic E-state index is 13.2. The van der Waals surface area contributed by atoms with Crippen molar-refractivity contribution in [3.8, 4) is 0 Å². The summed E-state index contributed by atoms with van der Waals surface area (Å²) in [6.07, 6.45) is 0.272. The van der Waals surface area contributed by atoms with Gasteiger partial charge in [-0.25, -0.2) is 8.42 Å². The predicted molar refractivity (Wildman–Crippen MR) is 146 cm³/mol. The highest BCUT2D eigenvalue weighted by Gasteiger charge is 2.30. The molecule has 0 aromatic heterocycles. The predicted octanol–water partition coefficient (Wildman–Crippen LogP) is 3.82. The number of benzene rings is 3. The molecule has 0 saturated heterocycles. The van der Waals surface area contributed by atoms with Gasteiger partial charge < -0.3 is 11.1 Å². The number of halogens is 2. The highest BCUT2D eigenvalue weighted by Crippen LogP contribution is 2.25. The molecular weight excluding hydrogens is 535 g/mol. The van der Waals surface area contributed by atoms with E-state index in [1.807, 2.05) is 18.2 Å². The van der Waals surface area contributed by atoms with E-state index in [9.17, 15) is 18.0 Å². The quantitative estimate of drug-likeness (QED) is 0.385. The van der Waals surface area contributed by atoms with E-state index in [1.165, 1.54) is 6.07 Å². The van der Waals surface area contributed by atoms with E-state index >= 15 is 0 Å². The minimum absolute atomic E-state index is 0. The molecule has 3 aromatic carbocycles. The fourth-order valence-corrected chi connectivity index (χ4v) is 5.68. The second kappa shape index (κ2) is 12.1. The number of fused-ring (bicyclic) bond motifs is 1. The van der Waals surface area contributed by atoms with Gasteiger partial charge in [-0.1, -0.05) is 59.6 Å². The zero-order valence-electron chi connectivity index (χ0n) is 20.2. The number of hydrogen-bond donors (Lipinski definition) is 3. The molecule has 0 bridgehead atoms. The molecule has 196 valence electrons. The zero-order valence-corrected chi connectivity index (χ0v) is 22.5. The highest BCUT2D eigenvalue weighted by molar-refractivity contribution is 7.89. The molecule has 1 aliphatic heterocycles. The smallest absolute Gasteiger partial charge is 0.265 e. The van der Waals surface area contributed by atoms with Crippen LogP contribution in [0.3, 0.4) is 0 Å². The van der Waals surface area contributed by atoms with E-state index in [0.717, 1.165) is 27.1 Å². The SMILES string of the molecule is CC1=C(CC(=O)NCc2cc(Cl)ccc2CN)C(=O)N(NS(=O)(=O)c2cccc3ccccc23)CC1.Cl. The first-order valence-electron chi connectivity index (χ1n) is 11.4. The van der Waals surface area contributed by atoms with Crippen molar-refractivity contribution in [3.63, 3.8) is 0 Å². The minimum Gasteiger partial charge on any atom is -0.352 e. The molecule has 0 fully saturated rings. The highest BCUT2D eigenvalue weighted by atomic mass is 35.5. The van der Waals surface area contributed by atoms with Crippen LogP contribution in [0.5, 0.6) is 0 Å². The molecule has 0 spiro atoms. The summed E-state index contributed by atoms with van der Waals surface area (Å²) in [7, 11) is -4.04. The Labute approximate surface area is 227 Å². The van der Waals surface area contributed by atoms with Crippen LogP contribution in [0.2, 0.25) is 5.02 Å². The summed E-state index contributed by atoms with van der Waals surface area (Å²) in [6, 6.07) is 17.4. The van der Waals surface area contributed by atoms with E-state index in [2.05, 4.69) is 10.1 Å². The fourth-order valence-electron chi connectivity index (χ4n) is 4.19. The van der Waals surface area contributed by atoms with Crippen molar-refractivity contribution in [2.75, 3.05) is 6.54 Å². The second-order valence-electron chi connectivity index (χ2n) is 8.61. The number of carbonyl (C=O) groups is 2. The Bertz CT molecular complexity index is 1470. The van der Waals surface area contributed by atoms with Crippen molar-refractivity contribution in [2.45, 2.75) is 37.8 Å². The third-order valence-corrected chi connectivity index (χ3v) is 7.83. The number of sulfonamides is 1. The number of amides is 2. The van der Waals surface area contributed by atoms with Crippen LogP contribution in [0.15, 0.2) is 76.7 Å². The van der Waals surface area contributed by atoms with E-state index in [-0.39, 0.29) is 48.3 Å². The Hall–Kier alpha value is -2.95. The van der Waals surface area contributed by atoms with Crippen molar-refractivity contribution < 1.29 is 18.0 Å². The molecule has 37 heavy (non-hydrogen) atoms. The van der Waals surface area contributed by atoms with Crippen LogP contribution < -0.4 is 15.9 Å². The Morgan fingerprint density at radius 3 is 2.57 bits per heavy atom. The van der Waals surface area contributed by atoms with Crippen molar-refractivity contribution in [2.24, 2.45) is 5.73 Å². The largest absolute Gasteiger partial charge is 0.352 e. The van der Waals surface area contributed by atoms with Gasteiger partial charge in [-0.2, -0.15) is 0 Å². The van der Waals surface area contributed by atoms with E-state index in [1.54, 1.807) is 43.3 Å². The summed E-state index contributed by atoms with van der Waals surface area (Å²) in [5, 5.41) is 5.73. The Morgan fingerprint density at radius 1 is 1.08 bits per heavy atom. The van der Waals surface area contributed by atoms with Crippen molar-refractivity contribution in [3.05, 3.63) is 88.0 Å². The van der Waals surface area contributed by atoms with Gasteiger partial charge in [-0.05, 0) is 48.1 Å². The van der Waals surface area contributed by atoms with E-state index in [0.29, 0.717) is 23.4 Å². The number of nitrogens with one attached hydrogen (secondary N) is 2. The number of carbonyl (C=O) groups excluding carboxylic acids is 2. The molecule has 0 unspecified atom stereocenters. The third-order valence-electron chi connectivity index (χ3n) is 6.20. The van der Waals surface area contributed by atoms with Crippen molar-refractivity contribution in [1.82, 2.24) is 15.2 Å². The van der Waals surface area contributed by atoms with Gasteiger partial charge in [0, 0.05) is 35.6 Å². The molecule has 3 aromatic rings. The molecule has 1 aliphatic rings. The number of nitrogens with two attached hydrogens (primary N) is 1. The summed E-state index contributed by atoms with van der Waals surface area (Å²) in [4.78, 5) is 28.4. The van der Waals surface area contributed by atoms with Crippen molar-refractivity contribution >= 4 is 56.6 Å². The minimum atomic E-state index is -4.04. The monoisotopic (exact) mass is 562 g/mol. The fraction of sp³-hybridized carbons (Fsp3) is 0.231. The molecule has 4 N–H and O–H groups in total. The van der Waals surface area contributed by atoms with Crippen LogP contribution in [0.25, 0.3) is 10.8 Å². The van der Waals surface area contributed by atoms with Gasteiger partial charge in [0.05, 0.1) is 11.3 Å². The van der Waals surface area contributed by atoms with Crippen molar-refractivity contribution in [1.29, 1.82) is 0 Å². The lowest BCUT2D eigenvalue weighted by Crippen LogP contribution is -2.49. The van der Waals surface area contributed by atoms with Crippen LogP contribution in [-0.2, 0) is 32.7 Å². The first kappa shape index (κ1) is 28.6. The molecular formula is C26H28Cl2N4O4S. The molecule has 1 heterocycles. The normalized spacial score (nSPS) is 14.0. The van der Waals surface area contributed by atoms with Gasteiger partial charge >= 0.3 is 0 Å². The topological polar surface area (TPSA) is 122 Å². The van der Waals surface area contributed by atoms with Gasteiger partial charge in [0.15, 0.2) is 0 Å². The molecule has 0 saturated carbocycles. The summed E-state index contributed by atoms with van der Waals surface area (Å²) in [5.41, 5.74) is 8.43. The average molecular weight is 564 g/mol. The maximum Gasteiger partial charge on any atom is 0.265 e. The molecule has 0 atom stereocenters. The van der Waals surface area contributed by atoms with E-state index < -0.39 is 15.9 Å². The molecule has 11 heteroatoms. The summed E-state index contributed by atoms with van der Waals surface area (Å²) in [6.45, 7) is 2.46. The first-order valence-corrected chi connectivity index (χ1v) is 13.3. The molecule has 0 radical (unpaired) electrons. The lowest BCUT2D eigenvalue weighted by molar-refractivity contribution is -0.131. The number of rotatable bonds is 8. The van der Waals surface area contributed by atoms with Gasteiger partial charge in [-0.15, -0.1) is 17.2 Å². The van der Waals surface area contributed by atoms with Gasteiger partial charge in [0.2, 0.25) is 5.91 Å². The first-order chi connectivity index (χ1) is 17.2. The van der Waals surface area contributed by atoms with Gasteiger partial charge in [-0.3, -0.25) is 14.6 Å². The number of hydrazine groups is 1. The molecule has 8 nitrogen and oxygen atoms in total. The summed E-state index contributed by atoms with van der Waals surface area (Å²) < 4.78 is 26.4. The zero-order chi connectivity index (χ0) is 25.9. The van der Waals surface area contributed by atoms with Crippen LogP contribution in [-0.4, -0.2) is 31.8 Å². The molecule has 0 aliphatic carbocycles. The standard InChI is InChI=1S/C26H27ClN4O4S.ClH/c1-17-11-12-31(30-36(34,35)24-8-4-6-18-5-2-3-7-22(18)24)26(33)23(17)14-25(32)29-16-20-13-21(27)10-9-19(20)15-28;/h2-10,13,30H,11-12,14-16,28H2,1H3,(H,29,32);1H. The lowest BCUT2D eigenvalue weighted by Gasteiger charge is -2.29. The second-order valence-corrected chi connectivity index (χ2v) is 10.7. The number of hydrogen-bond acceptors (Lipinski definition) is 5. The van der Waals surface area contributed by atoms with Crippen LogP contribution in [0.1, 0.15) is 30.9 Å². The Morgan fingerprint density at radius 2 is 1.81 bits per heavy atom. The Balaban J connectivity index is 0.00000380. The summed E-state index contributed by atoms with van der Waals surface area (Å²) >= 11 is 6.06. The summed E-state index contributed by atoms with van der Waals surface area (Å²) in [5.74, 6) is -0.900. The van der Waals surface area contributed by atoms with Crippen LogP contribution >= 0.6 is 24.0 Å². The molecule has 2 amide bonds. The van der Waals surface area contributed by atoms with Crippen LogP contribution in [0, 0.1) is 0 Å². The maximum absolute atomic E-state index is 13.2. The molecule has 4 rings (SSSR count). The van der Waals surface area contributed by atoms with E-state index in [4.69, 9.17) is 17.3 Å². The lowest BCUT2D eigenvalue weighted by atomic mass is 9.98. The Kier molecular flexibility index (Phi) is 9.33. The average Bonchev–Trinajstić information content (AvgIpc) is 2.86. The number of nitrogens with zero attached hydrogens (tertiary/aromatic N) is 1.